The largest absolute Gasteiger partial charge is 0.469 e. The van der Waals surface area contributed by atoms with E-state index in [2.05, 4.69) is 0 Å². The molecule has 0 radical (unpaired) electrons. The summed E-state index contributed by atoms with van der Waals surface area (Å²) in [5, 5.41) is 0. The minimum atomic E-state index is -0.213. The van der Waals surface area contributed by atoms with Crippen molar-refractivity contribution in [3.8, 4) is 0 Å². The van der Waals surface area contributed by atoms with Crippen molar-refractivity contribution in [2.75, 3.05) is 46.5 Å². The van der Waals surface area contributed by atoms with Gasteiger partial charge in [0.25, 0.3) is 0 Å². The Bertz CT molecular complexity index is 315. The van der Waals surface area contributed by atoms with Crippen LogP contribution in [0.5, 0.6) is 0 Å². The van der Waals surface area contributed by atoms with Crippen molar-refractivity contribution in [2.45, 2.75) is 12.8 Å². The summed E-state index contributed by atoms with van der Waals surface area (Å²) >= 11 is 0. The highest BCUT2D eigenvalue weighted by atomic mass is 16.5. The lowest BCUT2D eigenvalue weighted by Gasteiger charge is -2.36. The van der Waals surface area contributed by atoms with Gasteiger partial charge in [-0.25, -0.2) is 4.79 Å². The molecule has 1 unspecified atom stereocenters. The summed E-state index contributed by atoms with van der Waals surface area (Å²) in [5.41, 5.74) is 0. The number of hydrogen-bond donors (Lipinski definition) is 0. The zero-order chi connectivity index (χ0) is 13.0. The molecule has 102 valence electrons. The molecule has 18 heavy (non-hydrogen) atoms. The number of piperidine rings is 1. The van der Waals surface area contributed by atoms with E-state index in [1.807, 2.05) is 0 Å². The van der Waals surface area contributed by atoms with Crippen molar-refractivity contribution in [1.82, 2.24) is 9.80 Å². The molecule has 2 saturated heterocycles. The van der Waals surface area contributed by atoms with Crippen LogP contribution in [0.2, 0.25) is 0 Å². The van der Waals surface area contributed by atoms with Gasteiger partial charge < -0.3 is 19.3 Å². The third-order valence-electron chi connectivity index (χ3n) is 3.51. The van der Waals surface area contributed by atoms with E-state index >= 15 is 0 Å². The number of hydrogen-bond acceptors (Lipinski definition) is 4. The molecule has 0 N–H and O–H groups in total. The van der Waals surface area contributed by atoms with Gasteiger partial charge in [-0.3, -0.25) is 4.79 Å². The maximum Gasteiger partial charge on any atom is 0.320 e. The lowest BCUT2D eigenvalue weighted by atomic mass is 9.98. The second kappa shape index (κ2) is 6.04. The Morgan fingerprint density at radius 3 is 2.56 bits per heavy atom. The number of amides is 2. The maximum atomic E-state index is 12.3. The fourth-order valence-corrected chi connectivity index (χ4v) is 2.46. The van der Waals surface area contributed by atoms with Gasteiger partial charge in [0.05, 0.1) is 26.2 Å². The molecule has 0 bridgehead atoms. The van der Waals surface area contributed by atoms with E-state index in [0.717, 1.165) is 19.4 Å². The summed E-state index contributed by atoms with van der Waals surface area (Å²) < 4.78 is 9.98. The quantitative estimate of drug-likeness (QED) is 0.634. The standard InChI is InChI=1S/C12H20N2O4/c1-17-11(15)10-3-2-4-14(9-10)12(16)13-5-7-18-8-6-13/h10H,2-9H2,1H3. The molecule has 0 spiro atoms. The molecular formula is C12H20N2O4. The fraction of sp³-hybridized carbons (Fsp3) is 0.833. The average Bonchev–Trinajstić information content (AvgIpc) is 2.46. The number of morpholine rings is 1. The number of rotatable bonds is 1. The predicted molar refractivity (Wildman–Crippen MR) is 64.1 cm³/mol. The van der Waals surface area contributed by atoms with Crippen LogP contribution >= 0.6 is 0 Å². The highest BCUT2D eigenvalue weighted by Gasteiger charge is 2.31. The molecule has 0 aromatic rings. The Kier molecular flexibility index (Phi) is 4.41. The molecule has 2 amide bonds. The van der Waals surface area contributed by atoms with Crippen LogP contribution in [0.25, 0.3) is 0 Å². The van der Waals surface area contributed by atoms with Crippen LogP contribution < -0.4 is 0 Å². The zero-order valence-electron chi connectivity index (χ0n) is 10.8. The molecule has 2 rings (SSSR count). The number of nitrogens with zero attached hydrogens (tertiary/aromatic N) is 2. The van der Waals surface area contributed by atoms with Crippen molar-refractivity contribution in [3.05, 3.63) is 0 Å². The van der Waals surface area contributed by atoms with E-state index in [0.29, 0.717) is 32.8 Å². The van der Waals surface area contributed by atoms with Gasteiger partial charge in [-0.1, -0.05) is 0 Å². The molecule has 2 aliphatic heterocycles. The van der Waals surface area contributed by atoms with E-state index in [1.54, 1.807) is 9.80 Å². The van der Waals surface area contributed by atoms with Crippen molar-refractivity contribution < 1.29 is 19.1 Å². The summed E-state index contributed by atoms with van der Waals surface area (Å²) in [6.07, 6.45) is 1.66. The second-order valence-electron chi connectivity index (χ2n) is 4.69. The second-order valence-corrected chi connectivity index (χ2v) is 4.69. The smallest absolute Gasteiger partial charge is 0.320 e. The summed E-state index contributed by atoms with van der Waals surface area (Å²) in [6, 6.07) is 0.0203. The first-order chi connectivity index (χ1) is 8.72. The highest BCUT2D eigenvalue weighted by molar-refractivity contribution is 5.77. The van der Waals surface area contributed by atoms with Crippen LogP contribution in [0.3, 0.4) is 0 Å². The number of carbonyl (C=O) groups is 2. The third-order valence-corrected chi connectivity index (χ3v) is 3.51. The SMILES string of the molecule is COC(=O)C1CCCN(C(=O)N2CCOCC2)C1. The van der Waals surface area contributed by atoms with E-state index in [1.165, 1.54) is 7.11 Å². The van der Waals surface area contributed by atoms with Gasteiger partial charge in [-0.15, -0.1) is 0 Å². The van der Waals surface area contributed by atoms with Gasteiger partial charge in [0.1, 0.15) is 0 Å². The molecule has 0 aromatic carbocycles. The number of urea groups is 1. The van der Waals surface area contributed by atoms with Gasteiger partial charge >= 0.3 is 12.0 Å². The fourth-order valence-electron chi connectivity index (χ4n) is 2.46. The van der Waals surface area contributed by atoms with Crippen LogP contribution in [0, 0.1) is 5.92 Å². The molecule has 0 saturated carbocycles. The predicted octanol–water partition coefficient (Wildman–Crippen LogP) is 0.324. The van der Waals surface area contributed by atoms with Gasteiger partial charge in [-0.2, -0.15) is 0 Å². The number of methoxy groups -OCH3 is 1. The van der Waals surface area contributed by atoms with Gasteiger partial charge in [0.15, 0.2) is 0 Å². The topological polar surface area (TPSA) is 59.1 Å². The number of likely N-dealkylation sites (tertiary alicyclic amines) is 1. The van der Waals surface area contributed by atoms with Crippen LogP contribution in [0.4, 0.5) is 4.79 Å². The first kappa shape index (κ1) is 13.1. The molecule has 1 atom stereocenters. The van der Waals surface area contributed by atoms with E-state index in [4.69, 9.17) is 9.47 Å². The number of esters is 1. The maximum absolute atomic E-state index is 12.3. The minimum absolute atomic E-state index is 0.0203. The van der Waals surface area contributed by atoms with Crippen LogP contribution in [-0.4, -0.2) is 68.3 Å². The van der Waals surface area contributed by atoms with E-state index < -0.39 is 0 Å². The summed E-state index contributed by atoms with van der Waals surface area (Å²) in [4.78, 5) is 27.3. The first-order valence-electron chi connectivity index (χ1n) is 6.42. The molecule has 2 fully saturated rings. The van der Waals surface area contributed by atoms with Crippen LogP contribution in [0.15, 0.2) is 0 Å². The lowest BCUT2D eigenvalue weighted by Crippen LogP contribution is -2.51. The zero-order valence-corrected chi connectivity index (χ0v) is 10.8. The Hall–Kier alpha value is -1.30. The summed E-state index contributed by atoms with van der Waals surface area (Å²) in [6.45, 7) is 3.67. The lowest BCUT2D eigenvalue weighted by molar-refractivity contribution is -0.146. The van der Waals surface area contributed by atoms with E-state index in [9.17, 15) is 9.59 Å². The monoisotopic (exact) mass is 256 g/mol. The van der Waals surface area contributed by atoms with Crippen LogP contribution in [0.1, 0.15) is 12.8 Å². The molecule has 6 nitrogen and oxygen atoms in total. The summed E-state index contributed by atoms with van der Waals surface area (Å²) in [7, 11) is 1.39. The molecule has 2 aliphatic rings. The molecule has 6 heteroatoms. The van der Waals surface area contributed by atoms with Gasteiger partial charge in [0.2, 0.25) is 0 Å². The Balaban J connectivity index is 1.91. The number of ether oxygens (including phenoxy) is 2. The van der Waals surface area contributed by atoms with Gasteiger partial charge in [0, 0.05) is 26.2 Å². The number of carbonyl (C=O) groups excluding carboxylic acids is 2. The first-order valence-corrected chi connectivity index (χ1v) is 6.42. The Morgan fingerprint density at radius 2 is 1.89 bits per heavy atom. The molecule has 2 heterocycles. The van der Waals surface area contributed by atoms with Crippen molar-refractivity contribution in [1.29, 1.82) is 0 Å². The van der Waals surface area contributed by atoms with E-state index in [-0.39, 0.29) is 17.9 Å². The van der Waals surface area contributed by atoms with Gasteiger partial charge in [-0.05, 0) is 12.8 Å². The molecule has 0 aliphatic carbocycles. The van der Waals surface area contributed by atoms with Crippen molar-refractivity contribution in [3.63, 3.8) is 0 Å². The van der Waals surface area contributed by atoms with Crippen molar-refractivity contribution in [2.24, 2.45) is 5.92 Å². The summed E-state index contributed by atoms with van der Waals surface area (Å²) in [5.74, 6) is -0.386. The average molecular weight is 256 g/mol. The normalized spacial score (nSPS) is 24.8. The Morgan fingerprint density at radius 1 is 1.17 bits per heavy atom. The van der Waals surface area contributed by atoms with Crippen LogP contribution in [-0.2, 0) is 14.3 Å². The van der Waals surface area contributed by atoms with Crippen molar-refractivity contribution >= 4 is 12.0 Å². The third kappa shape index (κ3) is 2.93. The Labute approximate surface area is 107 Å². The molecular weight excluding hydrogens is 236 g/mol. The molecule has 0 aromatic heterocycles. The highest BCUT2D eigenvalue weighted by Crippen LogP contribution is 2.19. The minimum Gasteiger partial charge on any atom is -0.469 e.